The fourth-order valence-corrected chi connectivity index (χ4v) is 1.84. The van der Waals surface area contributed by atoms with Crippen molar-refractivity contribution in [2.45, 2.75) is 8.63 Å². The summed E-state index contributed by atoms with van der Waals surface area (Å²) in [6.07, 6.45) is 0. The predicted molar refractivity (Wildman–Crippen MR) is 60.1 cm³/mol. The standard InChI is InChI=1S/C8H4Cl5F/c9-7(10)5-2-1-4(14)3-6(5)8(11,12)13/h1-3,7H. The van der Waals surface area contributed by atoms with Gasteiger partial charge in [0, 0.05) is 5.56 Å². The van der Waals surface area contributed by atoms with Gasteiger partial charge in [-0.2, -0.15) is 0 Å². The van der Waals surface area contributed by atoms with Crippen molar-refractivity contribution in [2.75, 3.05) is 0 Å². The average Bonchev–Trinajstić information content (AvgIpc) is 2.01. The Kier molecular flexibility index (Phi) is 4.19. The van der Waals surface area contributed by atoms with Crippen LogP contribution in [0.4, 0.5) is 4.39 Å². The highest BCUT2D eigenvalue weighted by atomic mass is 35.6. The summed E-state index contributed by atoms with van der Waals surface area (Å²) in [5.74, 6) is -0.510. The van der Waals surface area contributed by atoms with Gasteiger partial charge in [0.1, 0.15) is 10.7 Å². The van der Waals surface area contributed by atoms with Crippen LogP contribution >= 0.6 is 58.0 Å². The molecule has 78 valence electrons. The molecule has 0 N–H and O–H groups in total. The summed E-state index contributed by atoms with van der Waals surface area (Å²) >= 11 is 28.1. The smallest absolute Gasteiger partial charge is 0.207 e. The highest BCUT2D eigenvalue weighted by molar-refractivity contribution is 6.67. The molecule has 0 spiro atoms. The van der Waals surface area contributed by atoms with Crippen LogP contribution in [0.1, 0.15) is 16.0 Å². The van der Waals surface area contributed by atoms with E-state index in [-0.39, 0.29) is 5.56 Å². The zero-order valence-electron chi connectivity index (χ0n) is 6.58. The summed E-state index contributed by atoms with van der Waals surface area (Å²) in [7, 11) is 0. The Morgan fingerprint density at radius 3 is 2.14 bits per heavy atom. The largest absolute Gasteiger partial charge is 0.216 e. The molecule has 6 heteroatoms. The fourth-order valence-electron chi connectivity index (χ4n) is 0.964. The van der Waals surface area contributed by atoms with Gasteiger partial charge in [0.15, 0.2) is 0 Å². The lowest BCUT2D eigenvalue weighted by Crippen LogP contribution is -2.05. The molecule has 1 aromatic rings. The maximum absolute atomic E-state index is 12.9. The van der Waals surface area contributed by atoms with Crippen LogP contribution in [0.25, 0.3) is 0 Å². The van der Waals surface area contributed by atoms with E-state index in [4.69, 9.17) is 58.0 Å². The first-order chi connectivity index (χ1) is 6.32. The number of halogens is 6. The highest BCUT2D eigenvalue weighted by Crippen LogP contribution is 2.43. The molecule has 0 aliphatic heterocycles. The molecule has 0 heterocycles. The third kappa shape index (κ3) is 3.04. The molecule has 0 saturated heterocycles. The second-order valence-corrected chi connectivity index (χ2v) is 5.91. The van der Waals surface area contributed by atoms with E-state index in [1.165, 1.54) is 12.1 Å². The van der Waals surface area contributed by atoms with Crippen LogP contribution in [-0.2, 0) is 3.79 Å². The van der Waals surface area contributed by atoms with E-state index >= 15 is 0 Å². The Balaban J connectivity index is 3.30. The van der Waals surface area contributed by atoms with Crippen molar-refractivity contribution in [2.24, 2.45) is 0 Å². The van der Waals surface area contributed by atoms with Gasteiger partial charge in [0.2, 0.25) is 3.79 Å². The molecule has 0 atom stereocenters. The molecule has 0 amide bonds. The summed E-state index contributed by atoms with van der Waals surface area (Å²) in [6.45, 7) is 0. The van der Waals surface area contributed by atoms with Crippen LogP contribution in [0.15, 0.2) is 18.2 Å². The Bertz CT molecular complexity index is 331. The van der Waals surface area contributed by atoms with Crippen molar-refractivity contribution >= 4 is 58.0 Å². The van der Waals surface area contributed by atoms with E-state index in [0.717, 1.165) is 6.07 Å². The van der Waals surface area contributed by atoms with E-state index in [1.807, 2.05) is 0 Å². The van der Waals surface area contributed by atoms with E-state index in [9.17, 15) is 4.39 Å². The van der Waals surface area contributed by atoms with Gasteiger partial charge >= 0.3 is 0 Å². The van der Waals surface area contributed by atoms with Crippen LogP contribution < -0.4 is 0 Å². The highest BCUT2D eigenvalue weighted by Gasteiger charge is 2.28. The molecule has 0 fully saturated rings. The lowest BCUT2D eigenvalue weighted by molar-refractivity contribution is 0.625. The van der Waals surface area contributed by atoms with Gasteiger partial charge in [-0.25, -0.2) is 4.39 Å². The minimum absolute atomic E-state index is 0.150. The molecule has 0 nitrogen and oxygen atoms in total. The van der Waals surface area contributed by atoms with E-state index in [0.29, 0.717) is 5.56 Å². The Morgan fingerprint density at radius 2 is 1.71 bits per heavy atom. The molecule has 0 bridgehead atoms. The number of hydrogen-bond donors (Lipinski definition) is 0. The molecule has 0 aliphatic rings. The number of alkyl halides is 5. The molecule has 0 aliphatic carbocycles. The van der Waals surface area contributed by atoms with E-state index < -0.39 is 14.4 Å². The van der Waals surface area contributed by atoms with Gasteiger partial charge in [0.05, 0.1) is 0 Å². The van der Waals surface area contributed by atoms with Gasteiger partial charge in [-0.1, -0.05) is 40.9 Å². The summed E-state index contributed by atoms with van der Waals surface area (Å²) < 4.78 is 11.1. The summed E-state index contributed by atoms with van der Waals surface area (Å²) in [6, 6.07) is 3.68. The molecule has 0 radical (unpaired) electrons. The summed E-state index contributed by atoms with van der Waals surface area (Å²) in [5.41, 5.74) is 0.534. The summed E-state index contributed by atoms with van der Waals surface area (Å²) in [5, 5.41) is 0. The minimum atomic E-state index is -1.74. The van der Waals surface area contributed by atoms with Gasteiger partial charge in [-0.15, -0.1) is 23.2 Å². The van der Waals surface area contributed by atoms with Crippen LogP contribution in [0.5, 0.6) is 0 Å². The molecule has 1 aromatic carbocycles. The zero-order valence-corrected chi connectivity index (χ0v) is 10.4. The quantitative estimate of drug-likeness (QED) is 0.630. The van der Waals surface area contributed by atoms with Crippen molar-refractivity contribution < 1.29 is 4.39 Å². The third-order valence-corrected chi connectivity index (χ3v) is 2.64. The fraction of sp³-hybridized carbons (Fsp3) is 0.250. The monoisotopic (exact) mass is 294 g/mol. The second kappa shape index (κ2) is 4.63. The second-order valence-electron chi connectivity index (χ2n) is 2.53. The van der Waals surface area contributed by atoms with Crippen molar-refractivity contribution in [3.05, 3.63) is 35.1 Å². The first kappa shape index (κ1) is 12.7. The number of hydrogen-bond acceptors (Lipinski definition) is 0. The minimum Gasteiger partial charge on any atom is -0.207 e. The Labute approximate surface area is 106 Å². The normalized spacial score (nSPS) is 12.2. The van der Waals surface area contributed by atoms with Crippen LogP contribution in [0.2, 0.25) is 0 Å². The van der Waals surface area contributed by atoms with Crippen molar-refractivity contribution in [1.82, 2.24) is 0 Å². The van der Waals surface area contributed by atoms with E-state index in [2.05, 4.69) is 0 Å². The Hall–Kier alpha value is 0.600. The van der Waals surface area contributed by atoms with Gasteiger partial charge in [0.25, 0.3) is 0 Å². The van der Waals surface area contributed by atoms with Crippen LogP contribution in [-0.4, -0.2) is 0 Å². The van der Waals surface area contributed by atoms with Crippen molar-refractivity contribution in [3.8, 4) is 0 Å². The maximum Gasteiger partial charge on any atom is 0.216 e. The maximum atomic E-state index is 12.9. The number of rotatable bonds is 1. The van der Waals surface area contributed by atoms with Gasteiger partial charge in [-0.3, -0.25) is 0 Å². The SMILES string of the molecule is Fc1ccc(C(Cl)Cl)c(C(Cl)(Cl)Cl)c1. The van der Waals surface area contributed by atoms with Crippen molar-refractivity contribution in [3.63, 3.8) is 0 Å². The predicted octanol–water partition coefficient (Wildman–Crippen LogP) is 5.13. The topological polar surface area (TPSA) is 0 Å². The molecule has 1 rings (SSSR count). The molecule has 14 heavy (non-hydrogen) atoms. The molecular formula is C8H4Cl5F. The zero-order chi connectivity index (χ0) is 10.9. The lowest BCUT2D eigenvalue weighted by atomic mass is 10.1. The lowest BCUT2D eigenvalue weighted by Gasteiger charge is -2.16. The Morgan fingerprint density at radius 1 is 1.14 bits per heavy atom. The van der Waals surface area contributed by atoms with Crippen molar-refractivity contribution in [1.29, 1.82) is 0 Å². The van der Waals surface area contributed by atoms with Gasteiger partial charge in [-0.05, 0) is 17.7 Å². The summed E-state index contributed by atoms with van der Waals surface area (Å²) in [4.78, 5) is -0.860. The first-order valence-corrected chi connectivity index (χ1v) is 5.48. The van der Waals surface area contributed by atoms with E-state index in [1.54, 1.807) is 0 Å². The molecule has 0 unspecified atom stereocenters. The number of benzene rings is 1. The van der Waals surface area contributed by atoms with Crippen LogP contribution in [0, 0.1) is 5.82 Å². The first-order valence-electron chi connectivity index (χ1n) is 3.47. The molecule has 0 aromatic heterocycles. The average molecular weight is 296 g/mol. The molecule has 0 saturated carbocycles. The van der Waals surface area contributed by atoms with Gasteiger partial charge < -0.3 is 0 Å². The third-order valence-electron chi connectivity index (χ3n) is 1.56. The van der Waals surface area contributed by atoms with Crippen LogP contribution in [0.3, 0.4) is 0 Å². The molecular weight excluding hydrogens is 292 g/mol.